The van der Waals surface area contributed by atoms with Gasteiger partial charge in [-0.05, 0) is 31.5 Å². The second-order valence-electron chi connectivity index (χ2n) is 5.12. The van der Waals surface area contributed by atoms with Crippen LogP contribution in [0.2, 0.25) is 0 Å². The molecule has 2 aromatic rings. The third kappa shape index (κ3) is 3.07. The summed E-state index contributed by atoms with van der Waals surface area (Å²) in [5, 5.41) is 6.09. The average Bonchev–Trinajstić information content (AvgIpc) is 3.03. The molecule has 0 unspecified atom stereocenters. The fraction of sp³-hybridized carbons (Fsp3) is 0.357. The third-order valence-electron chi connectivity index (χ3n) is 3.45. The normalized spacial score (nSPS) is 16.9. The predicted molar refractivity (Wildman–Crippen MR) is 86.3 cm³/mol. The number of anilines is 2. The van der Waals surface area contributed by atoms with E-state index in [0.29, 0.717) is 25.2 Å². The first-order chi connectivity index (χ1) is 10.5. The van der Waals surface area contributed by atoms with E-state index in [0.717, 1.165) is 15.0 Å². The van der Waals surface area contributed by atoms with Gasteiger partial charge < -0.3 is 5.32 Å². The van der Waals surface area contributed by atoms with Gasteiger partial charge in [0.1, 0.15) is 5.82 Å². The van der Waals surface area contributed by atoms with Crippen LogP contribution in [0.25, 0.3) is 0 Å². The molecule has 5 nitrogen and oxygen atoms in total. The average molecular weight is 341 g/mol. The van der Waals surface area contributed by atoms with Gasteiger partial charge in [-0.25, -0.2) is 17.8 Å². The van der Waals surface area contributed by atoms with Gasteiger partial charge in [0.05, 0.1) is 28.7 Å². The zero-order valence-electron chi connectivity index (χ0n) is 12.0. The highest BCUT2D eigenvalue weighted by Crippen LogP contribution is 2.29. The molecule has 0 amide bonds. The summed E-state index contributed by atoms with van der Waals surface area (Å²) in [7, 11) is -3.39. The molecular formula is C14H16FN3O2S2. The first kappa shape index (κ1) is 15.2. The second kappa shape index (κ2) is 5.85. The van der Waals surface area contributed by atoms with Crippen molar-refractivity contribution in [1.29, 1.82) is 0 Å². The molecule has 1 aromatic heterocycles. The second-order valence-corrected chi connectivity index (χ2v) is 8.19. The monoisotopic (exact) mass is 341 g/mol. The number of aromatic nitrogens is 1. The fourth-order valence-corrected chi connectivity index (χ4v) is 4.58. The summed E-state index contributed by atoms with van der Waals surface area (Å²) in [4.78, 5) is 4.34. The van der Waals surface area contributed by atoms with E-state index in [4.69, 9.17) is 0 Å². The molecule has 22 heavy (non-hydrogen) atoms. The van der Waals surface area contributed by atoms with Crippen LogP contribution in [0, 0.1) is 12.7 Å². The maximum Gasteiger partial charge on any atom is 0.235 e. The summed E-state index contributed by atoms with van der Waals surface area (Å²) in [5.74, 6) is -0.456. The lowest BCUT2D eigenvalue weighted by Crippen LogP contribution is -2.26. The SMILES string of the molecule is Cc1nc(CNc2ccc(F)c(N3CCCS3(=O)=O)c2)cs1. The molecule has 0 radical (unpaired) electrons. The number of halogens is 1. The molecule has 1 aliphatic heterocycles. The van der Waals surface area contributed by atoms with Crippen LogP contribution in [0.3, 0.4) is 0 Å². The minimum Gasteiger partial charge on any atom is -0.379 e. The van der Waals surface area contributed by atoms with Crippen LogP contribution in [-0.4, -0.2) is 25.7 Å². The molecule has 1 aromatic carbocycles. The summed E-state index contributed by atoms with van der Waals surface area (Å²) in [6, 6.07) is 4.43. The summed E-state index contributed by atoms with van der Waals surface area (Å²) < 4.78 is 39.0. The van der Waals surface area contributed by atoms with E-state index in [2.05, 4.69) is 10.3 Å². The van der Waals surface area contributed by atoms with Crippen molar-refractivity contribution in [3.63, 3.8) is 0 Å². The zero-order valence-corrected chi connectivity index (χ0v) is 13.7. The smallest absolute Gasteiger partial charge is 0.235 e. The van der Waals surface area contributed by atoms with E-state index >= 15 is 0 Å². The molecule has 0 spiro atoms. The fourth-order valence-electron chi connectivity index (χ4n) is 2.41. The maximum absolute atomic E-state index is 14.0. The molecular weight excluding hydrogens is 325 g/mol. The minimum atomic E-state index is -3.39. The van der Waals surface area contributed by atoms with Crippen LogP contribution >= 0.6 is 11.3 Å². The quantitative estimate of drug-likeness (QED) is 0.929. The molecule has 0 bridgehead atoms. The van der Waals surface area contributed by atoms with E-state index in [9.17, 15) is 12.8 Å². The number of nitrogens with zero attached hydrogens (tertiary/aromatic N) is 2. The molecule has 1 aliphatic rings. The van der Waals surface area contributed by atoms with Gasteiger partial charge in [-0.3, -0.25) is 4.31 Å². The van der Waals surface area contributed by atoms with Gasteiger partial charge in [-0.2, -0.15) is 0 Å². The van der Waals surface area contributed by atoms with Crippen LogP contribution in [0.4, 0.5) is 15.8 Å². The molecule has 2 heterocycles. The summed E-state index contributed by atoms with van der Waals surface area (Å²) in [6.07, 6.45) is 0.525. The van der Waals surface area contributed by atoms with Crippen molar-refractivity contribution >= 4 is 32.7 Å². The van der Waals surface area contributed by atoms with Crippen molar-refractivity contribution < 1.29 is 12.8 Å². The van der Waals surface area contributed by atoms with Gasteiger partial charge in [0.25, 0.3) is 0 Å². The largest absolute Gasteiger partial charge is 0.379 e. The van der Waals surface area contributed by atoms with Gasteiger partial charge in [0.2, 0.25) is 10.0 Å². The highest BCUT2D eigenvalue weighted by molar-refractivity contribution is 7.93. The Hall–Kier alpha value is -1.67. The number of thiazole rings is 1. The van der Waals surface area contributed by atoms with E-state index in [1.807, 2.05) is 12.3 Å². The Bertz CT molecular complexity index is 789. The molecule has 118 valence electrons. The minimum absolute atomic E-state index is 0.0716. The summed E-state index contributed by atoms with van der Waals surface area (Å²) in [5.41, 5.74) is 1.68. The van der Waals surface area contributed by atoms with E-state index in [1.165, 1.54) is 12.1 Å². The maximum atomic E-state index is 14.0. The van der Waals surface area contributed by atoms with Crippen LogP contribution in [0.5, 0.6) is 0 Å². The van der Waals surface area contributed by atoms with Crippen LogP contribution in [0.1, 0.15) is 17.1 Å². The number of sulfonamides is 1. The van der Waals surface area contributed by atoms with Gasteiger partial charge in [-0.15, -0.1) is 11.3 Å². The van der Waals surface area contributed by atoms with Gasteiger partial charge >= 0.3 is 0 Å². The lowest BCUT2D eigenvalue weighted by atomic mass is 10.2. The molecule has 1 saturated heterocycles. The van der Waals surface area contributed by atoms with Crippen LogP contribution in [-0.2, 0) is 16.6 Å². The lowest BCUT2D eigenvalue weighted by Gasteiger charge is -2.18. The Kier molecular flexibility index (Phi) is 4.05. The molecule has 0 saturated carbocycles. The molecule has 3 rings (SSSR count). The van der Waals surface area contributed by atoms with Crippen molar-refractivity contribution in [2.45, 2.75) is 19.9 Å². The van der Waals surface area contributed by atoms with E-state index in [1.54, 1.807) is 17.4 Å². The topological polar surface area (TPSA) is 62.3 Å². The Morgan fingerprint density at radius 2 is 2.27 bits per heavy atom. The number of nitrogens with one attached hydrogen (secondary N) is 1. The highest BCUT2D eigenvalue weighted by atomic mass is 32.2. The molecule has 8 heteroatoms. The highest BCUT2D eigenvalue weighted by Gasteiger charge is 2.30. The first-order valence-electron chi connectivity index (χ1n) is 6.90. The number of hydrogen-bond acceptors (Lipinski definition) is 5. The van der Waals surface area contributed by atoms with Crippen molar-refractivity contribution in [2.24, 2.45) is 0 Å². The van der Waals surface area contributed by atoms with Crippen molar-refractivity contribution in [3.05, 3.63) is 40.1 Å². The lowest BCUT2D eigenvalue weighted by molar-refractivity contribution is 0.595. The third-order valence-corrected chi connectivity index (χ3v) is 6.13. The molecule has 1 fully saturated rings. The van der Waals surface area contributed by atoms with E-state index in [-0.39, 0.29) is 11.4 Å². The zero-order chi connectivity index (χ0) is 15.7. The van der Waals surface area contributed by atoms with E-state index < -0.39 is 15.8 Å². The number of rotatable bonds is 4. The Morgan fingerprint density at radius 3 is 2.91 bits per heavy atom. The predicted octanol–water partition coefficient (Wildman–Crippen LogP) is 2.74. The number of aryl methyl sites for hydroxylation is 1. The molecule has 0 aliphatic carbocycles. The number of hydrogen-bond donors (Lipinski definition) is 1. The number of benzene rings is 1. The summed E-state index contributed by atoms with van der Waals surface area (Å²) in [6.45, 7) is 2.78. The molecule has 1 N–H and O–H groups in total. The Morgan fingerprint density at radius 1 is 1.45 bits per heavy atom. The first-order valence-corrected chi connectivity index (χ1v) is 9.39. The van der Waals surface area contributed by atoms with Gasteiger partial charge in [0.15, 0.2) is 0 Å². The van der Waals surface area contributed by atoms with Crippen LogP contribution in [0.15, 0.2) is 23.6 Å². The van der Waals surface area contributed by atoms with Crippen LogP contribution < -0.4 is 9.62 Å². The Balaban J connectivity index is 1.81. The van der Waals surface area contributed by atoms with Gasteiger partial charge in [-0.1, -0.05) is 0 Å². The van der Waals surface area contributed by atoms with Crippen molar-refractivity contribution in [3.8, 4) is 0 Å². The van der Waals surface area contributed by atoms with Gasteiger partial charge in [0, 0.05) is 17.6 Å². The Labute approximate surface area is 132 Å². The standard InChI is InChI=1S/C14H16FN3O2S2/c1-10-17-12(9-21-10)8-16-11-3-4-13(15)14(7-11)18-5-2-6-22(18,19)20/h3-4,7,9,16H,2,5-6,8H2,1H3. The van der Waals surface area contributed by atoms with Crippen molar-refractivity contribution in [2.75, 3.05) is 21.9 Å². The molecule has 0 atom stereocenters. The van der Waals surface area contributed by atoms with Crippen molar-refractivity contribution in [1.82, 2.24) is 4.98 Å². The summed E-state index contributed by atoms with van der Waals surface area (Å²) >= 11 is 1.57.